The average Bonchev–Trinajstić information content (AvgIpc) is 2.36. The molecule has 0 atom stereocenters. The first kappa shape index (κ1) is 13.5. The van der Waals surface area contributed by atoms with E-state index in [1.165, 1.54) is 0 Å². The summed E-state index contributed by atoms with van der Waals surface area (Å²) in [5.41, 5.74) is 2.65. The molecule has 1 aromatic carbocycles. The summed E-state index contributed by atoms with van der Waals surface area (Å²) in [6, 6.07) is 5.89. The fourth-order valence-corrected chi connectivity index (χ4v) is 2.38. The average molecular weight is 372 g/mol. The summed E-state index contributed by atoms with van der Waals surface area (Å²) in [6.45, 7) is 3.98. The van der Waals surface area contributed by atoms with E-state index in [0.29, 0.717) is 16.7 Å². The fraction of sp³-hybridized carbons (Fsp3) is 0.231. The number of hydrogen-bond donors (Lipinski definition) is 1. The number of aromatic nitrogens is 2. The first-order valence-corrected chi connectivity index (χ1v) is 7.16. The van der Waals surface area contributed by atoms with E-state index >= 15 is 0 Å². The molecule has 0 aliphatic heterocycles. The highest BCUT2D eigenvalue weighted by Gasteiger charge is 2.09. The van der Waals surface area contributed by atoms with Crippen LogP contribution in [0.15, 0.2) is 31.9 Å². The second-order valence-corrected chi connectivity index (χ2v) is 5.64. The number of halogens is 2. The highest BCUT2D eigenvalue weighted by atomic mass is 79.9. The minimum absolute atomic E-state index is 0.141. The molecule has 2 rings (SSSR count). The summed E-state index contributed by atoms with van der Waals surface area (Å²) in [4.78, 5) is 19.1. The fourth-order valence-electron chi connectivity index (χ4n) is 1.67. The smallest absolute Gasteiger partial charge is 0.265 e. The van der Waals surface area contributed by atoms with Gasteiger partial charge < -0.3 is 4.98 Å². The Morgan fingerprint density at radius 1 is 1.33 bits per heavy atom. The van der Waals surface area contributed by atoms with E-state index in [-0.39, 0.29) is 5.56 Å². The third-order valence-corrected chi connectivity index (χ3v) is 4.41. The summed E-state index contributed by atoms with van der Waals surface area (Å²) < 4.78 is 1.56. The second kappa shape index (κ2) is 5.36. The molecule has 0 saturated carbocycles. The van der Waals surface area contributed by atoms with E-state index in [1.807, 2.05) is 32.0 Å². The molecule has 0 amide bonds. The molecule has 0 radical (unpaired) electrons. The van der Waals surface area contributed by atoms with Crippen molar-refractivity contribution in [2.24, 2.45) is 0 Å². The van der Waals surface area contributed by atoms with Crippen LogP contribution in [-0.4, -0.2) is 9.97 Å². The lowest BCUT2D eigenvalue weighted by atomic mass is 10.1. The molecule has 1 N–H and O–H groups in total. The van der Waals surface area contributed by atoms with Crippen molar-refractivity contribution in [3.63, 3.8) is 0 Å². The van der Waals surface area contributed by atoms with E-state index in [2.05, 4.69) is 41.8 Å². The normalized spacial score (nSPS) is 10.7. The Morgan fingerprint density at radius 3 is 2.67 bits per heavy atom. The zero-order valence-electron chi connectivity index (χ0n) is 10.1. The van der Waals surface area contributed by atoms with Crippen molar-refractivity contribution in [1.29, 1.82) is 0 Å². The van der Waals surface area contributed by atoms with E-state index in [9.17, 15) is 4.79 Å². The Hall–Kier alpha value is -0.940. The molecule has 0 fully saturated rings. The Bertz CT molecular complexity index is 650. The monoisotopic (exact) mass is 370 g/mol. The van der Waals surface area contributed by atoms with Crippen LogP contribution in [0.3, 0.4) is 0 Å². The number of rotatable bonds is 2. The predicted octanol–water partition coefficient (Wildman–Crippen LogP) is 3.83. The minimum atomic E-state index is -0.141. The Balaban J connectivity index is 2.60. The molecular formula is C13H12Br2N2O. The second-order valence-electron chi connectivity index (χ2n) is 3.99. The quantitative estimate of drug-likeness (QED) is 0.871. The van der Waals surface area contributed by atoms with Crippen LogP contribution >= 0.6 is 31.9 Å². The number of H-pyrrole nitrogens is 1. The maximum Gasteiger partial charge on any atom is 0.265 e. The molecule has 0 bridgehead atoms. The zero-order chi connectivity index (χ0) is 13.3. The molecule has 0 spiro atoms. The van der Waals surface area contributed by atoms with E-state index in [1.54, 1.807) is 0 Å². The SMILES string of the molecule is CCc1nc(-c2ccc(Br)c(C)c2)[nH]c(=O)c1Br. The van der Waals surface area contributed by atoms with Gasteiger partial charge in [0.25, 0.3) is 5.56 Å². The topological polar surface area (TPSA) is 45.8 Å². The minimum Gasteiger partial charge on any atom is -0.306 e. The van der Waals surface area contributed by atoms with Crippen LogP contribution in [-0.2, 0) is 6.42 Å². The van der Waals surface area contributed by atoms with Gasteiger partial charge in [0, 0.05) is 10.0 Å². The van der Waals surface area contributed by atoms with Gasteiger partial charge in [0.2, 0.25) is 0 Å². The van der Waals surface area contributed by atoms with Crippen molar-refractivity contribution in [2.45, 2.75) is 20.3 Å². The number of benzene rings is 1. The van der Waals surface area contributed by atoms with Crippen molar-refractivity contribution in [2.75, 3.05) is 0 Å². The molecule has 0 aliphatic carbocycles. The van der Waals surface area contributed by atoms with Gasteiger partial charge >= 0.3 is 0 Å². The molecule has 1 aromatic heterocycles. The molecule has 5 heteroatoms. The van der Waals surface area contributed by atoms with Crippen LogP contribution in [0.25, 0.3) is 11.4 Å². The summed E-state index contributed by atoms with van der Waals surface area (Å²) in [5, 5.41) is 0. The largest absolute Gasteiger partial charge is 0.306 e. The molecule has 0 aliphatic rings. The Labute approximate surface area is 122 Å². The lowest BCUT2D eigenvalue weighted by Gasteiger charge is -2.06. The zero-order valence-corrected chi connectivity index (χ0v) is 13.2. The van der Waals surface area contributed by atoms with Crippen LogP contribution in [0, 0.1) is 6.92 Å². The molecule has 1 heterocycles. The van der Waals surface area contributed by atoms with Crippen LogP contribution in [0.2, 0.25) is 0 Å². The van der Waals surface area contributed by atoms with Gasteiger partial charge in [-0.1, -0.05) is 28.9 Å². The lowest BCUT2D eigenvalue weighted by molar-refractivity contribution is 0.970. The number of nitrogens with zero attached hydrogens (tertiary/aromatic N) is 1. The maximum atomic E-state index is 11.8. The number of nitrogens with one attached hydrogen (secondary N) is 1. The van der Waals surface area contributed by atoms with Crippen molar-refractivity contribution < 1.29 is 0 Å². The van der Waals surface area contributed by atoms with Gasteiger partial charge in [-0.15, -0.1) is 0 Å². The Morgan fingerprint density at radius 2 is 2.06 bits per heavy atom. The van der Waals surface area contributed by atoms with Crippen molar-refractivity contribution in [3.05, 3.63) is 48.8 Å². The number of aromatic amines is 1. The van der Waals surface area contributed by atoms with Crippen molar-refractivity contribution in [3.8, 4) is 11.4 Å². The van der Waals surface area contributed by atoms with Crippen LogP contribution < -0.4 is 5.56 Å². The van der Waals surface area contributed by atoms with Gasteiger partial charge in [0.05, 0.1) is 5.69 Å². The summed E-state index contributed by atoms with van der Waals surface area (Å²) in [7, 11) is 0. The summed E-state index contributed by atoms with van der Waals surface area (Å²) >= 11 is 6.72. The summed E-state index contributed by atoms with van der Waals surface area (Å²) in [6.07, 6.45) is 0.715. The van der Waals surface area contributed by atoms with Crippen molar-refractivity contribution >= 4 is 31.9 Å². The predicted molar refractivity (Wildman–Crippen MR) is 79.8 cm³/mol. The van der Waals surface area contributed by atoms with Crippen molar-refractivity contribution in [1.82, 2.24) is 9.97 Å². The van der Waals surface area contributed by atoms with E-state index < -0.39 is 0 Å². The number of hydrogen-bond acceptors (Lipinski definition) is 2. The van der Waals surface area contributed by atoms with Gasteiger partial charge in [-0.05, 0) is 47.0 Å². The first-order chi connectivity index (χ1) is 8.52. The van der Waals surface area contributed by atoms with Gasteiger partial charge in [0.1, 0.15) is 10.3 Å². The standard InChI is InChI=1S/C13H12Br2N2O/c1-3-10-11(15)13(18)17-12(16-10)8-4-5-9(14)7(2)6-8/h4-6H,3H2,1-2H3,(H,16,17,18). The van der Waals surface area contributed by atoms with Gasteiger partial charge in [-0.25, -0.2) is 4.98 Å². The third-order valence-electron chi connectivity index (χ3n) is 2.70. The first-order valence-electron chi connectivity index (χ1n) is 5.58. The molecule has 0 saturated heterocycles. The number of aryl methyl sites for hydroxylation is 2. The van der Waals surface area contributed by atoms with Crippen LogP contribution in [0.4, 0.5) is 0 Å². The highest BCUT2D eigenvalue weighted by Crippen LogP contribution is 2.23. The van der Waals surface area contributed by atoms with Crippen LogP contribution in [0.1, 0.15) is 18.2 Å². The highest BCUT2D eigenvalue weighted by molar-refractivity contribution is 9.10. The molecule has 94 valence electrons. The maximum absolute atomic E-state index is 11.8. The van der Waals surface area contributed by atoms with Gasteiger partial charge in [-0.2, -0.15) is 0 Å². The van der Waals surface area contributed by atoms with E-state index in [4.69, 9.17) is 0 Å². The molecular weight excluding hydrogens is 360 g/mol. The molecule has 18 heavy (non-hydrogen) atoms. The van der Waals surface area contributed by atoms with Gasteiger partial charge in [0.15, 0.2) is 0 Å². The lowest BCUT2D eigenvalue weighted by Crippen LogP contribution is -2.13. The van der Waals surface area contributed by atoms with Crippen LogP contribution in [0.5, 0.6) is 0 Å². The Kier molecular flexibility index (Phi) is 4.02. The molecule has 3 nitrogen and oxygen atoms in total. The van der Waals surface area contributed by atoms with E-state index in [0.717, 1.165) is 21.3 Å². The van der Waals surface area contributed by atoms with Gasteiger partial charge in [-0.3, -0.25) is 4.79 Å². The molecule has 0 unspecified atom stereocenters. The third kappa shape index (κ3) is 2.57. The molecule has 2 aromatic rings. The summed E-state index contributed by atoms with van der Waals surface area (Å²) in [5.74, 6) is 0.607.